The molecule has 1 aromatic heterocycles. The fourth-order valence-electron chi connectivity index (χ4n) is 2.32. The van der Waals surface area contributed by atoms with E-state index < -0.39 is 4.92 Å². The Labute approximate surface area is 164 Å². The Balaban J connectivity index is 1.96. The monoisotopic (exact) mass is 403 g/mol. The first-order valence-corrected chi connectivity index (χ1v) is 8.67. The summed E-state index contributed by atoms with van der Waals surface area (Å²) in [4.78, 5) is 10.4. The van der Waals surface area contributed by atoms with E-state index in [0.717, 1.165) is 11.3 Å². The third kappa shape index (κ3) is 4.21. The molecule has 1 N–H and O–H groups in total. The van der Waals surface area contributed by atoms with Crippen molar-refractivity contribution in [3.05, 3.63) is 67.9 Å². The molecule has 138 valence electrons. The van der Waals surface area contributed by atoms with Gasteiger partial charge >= 0.3 is 0 Å². The van der Waals surface area contributed by atoms with Crippen LogP contribution in [0.15, 0.2) is 47.6 Å². The van der Waals surface area contributed by atoms with Gasteiger partial charge in [0.25, 0.3) is 5.69 Å². The molecule has 0 aliphatic rings. The SMILES string of the molecule is CCOc1ccc(-c2n[nH]c(=S)n2N=Cc2cc([N+](=O)[O-])ccc2Cl)cc1. The summed E-state index contributed by atoms with van der Waals surface area (Å²) in [6.07, 6.45) is 1.40. The molecule has 0 radical (unpaired) electrons. The van der Waals surface area contributed by atoms with Crippen molar-refractivity contribution in [1.29, 1.82) is 0 Å². The van der Waals surface area contributed by atoms with Crippen LogP contribution in [0, 0.1) is 14.9 Å². The number of halogens is 1. The molecule has 0 atom stereocenters. The zero-order chi connectivity index (χ0) is 19.4. The number of ether oxygens (including phenoxy) is 1. The van der Waals surface area contributed by atoms with Crippen molar-refractivity contribution in [3.8, 4) is 17.1 Å². The summed E-state index contributed by atoms with van der Waals surface area (Å²) in [5.41, 5.74) is 1.09. The highest BCUT2D eigenvalue weighted by atomic mass is 35.5. The quantitative estimate of drug-likeness (QED) is 0.284. The van der Waals surface area contributed by atoms with Gasteiger partial charge in [-0.05, 0) is 49.5 Å². The molecule has 0 saturated heterocycles. The van der Waals surface area contributed by atoms with Gasteiger partial charge in [-0.15, -0.1) is 0 Å². The van der Waals surface area contributed by atoms with E-state index in [4.69, 9.17) is 28.6 Å². The number of benzene rings is 2. The van der Waals surface area contributed by atoms with Gasteiger partial charge in [0.05, 0.1) is 17.7 Å². The number of rotatable bonds is 6. The number of aromatic nitrogens is 3. The minimum Gasteiger partial charge on any atom is -0.494 e. The molecule has 8 nitrogen and oxygen atoms in total. The molecule has 0 unspecified atom stereocenters. The van der Waals surface area contributed by atoms with Gasteiger partial charge in [-0.1, -0.05) is 11.6 Å². The van der Waals surface area contributed by atoms with Crippen LogP contribution in [0.3, 0.4) is 0 Å². The molecular weight excluding hydrogens is 390 g/mol. The van der Waals surface area contributed by atoms with Gasteiger partial charge in [-0.25, -0.2) is 5.10 Å². The average molecular weight is 404 g/mol. The standard InChI is InChI=1S/C17H14ClN5O3S/c1-2-26-14-6-3-11(4-7-14)16-20-21-17(27)22(16)19-10-12-9-13(23(24)25)5-8-15(12)18/h3-10H,2H2,1H3,(H,21,27). The molecule has 2 aromatic carbocycles. The van der Waals surface area contributed by atoms with Crippen LogP contribution in [-0.2, 0) is 0 Å². The van der Waals surface area contributed by atoms with Gasteiger partial charge < -0.3 is 4.74 Å². The number of nitrogens with zero attached hydrogens (tertiary/aromatic N) is 4. The van der Waals surface area contributed by atoms with E-state index in [0.29, 0.717) is 23.0 Å². The number of nitro groups is 1. The third-order valence-corrected chi connectivity index (χ3v) is 4.19. The Morgan fingerprint density at radius 2 is 2.11 bits per heavy atom. The number of hydrogen-bond acceptors (Lipinski definition) is 6. The van der Waals surface area contributed by atoms with Gasteiger partial charge in [0.1, 0.15) is 5.75 Å². The highest BCUT2D eigenvalue weighted by molar-refractivity contribution is 7.71. The van der Waals surface area contributed by atoms with E-state index in [1.54, 1.807) is 0 Å². The normalized spacial score (nSPS) is 11.0. The van der Waals surface area contributed by atoms with Gasteiger partial charge in [0.15, 0.2) is 5.82 Å². The molecule has 0 aliphatic carbocycles. The lowest BCUT2D eigenvalue weighted by Gasteiger charge is -2.05. The van der Waals surface area contributed by atoms with Crippen LogP contribution >= 0.6 is 23.8 Å². The molecular formula is C17H14ClN5O3S. The minimum absolute atomic E-state index is 0.0802. The van der Waals surface area contributed by atoms with Gasteiger partial charge in [0, 0.05) is 28.3 Å². The topological polar surface area (TPSA) is 98.3 Å². The van der Waals surface area contributed by atoms with Crippen molar-refractivity contribution in [2.75, 3.05) is 6.61 Å². The number of aromatic amines is 1. The second kappa shape index (κ2) is 8.11. The number of nitro benzene ring substituents is 1. The fraction of sp³-hybridized carbons (Fsp3) is 0.118. The minimum atomic E-state index is -0.497. The lowest BCUT2D eigenvalue weighted by atomic mass is 10.2. The Morgan fingerprint density at radius 1 is 1.37 bits per heavy atom. The van der Waals surface area contributed by atoms with Crippen molar-refractivity contribution in [2.45, 2.75) is 6.92 Å². The molecule has 3 rings (SSSR count). The Morgan fingerprint density at radius 3 is 2.78 bits per heavy atom. The molecule has 1 heterocycles. The van der Waals surface area contributed by atoms with Gasteiger partial charge in [-0.2, -0.15) is 14.9 Å². The maximum atomic E-state index is 10.9. The summed E-state index contributed by atoms with van der Waals surface area (Å²) >= 11 is 11.3. The van der Waals surface area contributed by atoms with Crippen molar-refractivity contribution >= 4 is 35.7 Å². The van der Waals surface area contributed by atoms with Crippen LogP contribution in [0.5, 0.6) is 5.75 Å². The van der Waals surface area contributed by atoms with Crippen LogP contribution < -0.4 is 4.74 Å². The van der Waals surface area contributed by atoms with Gasteiger partial charge in [0.2, 0.25) is 4.77 Å². The van der Waals surface area contributed by atoms with E-state index >= 15 is 0 Å². The second-order valence-electron chi connectivity index (χ2n) is 5.33. The molecule has 27 heavy (non-hydrogen) atoms. The predicted octanol–water partition coefficient (Wildman–Crippen LogP) is 4.45. The third-order valence-electron chi connectivity index (χ3n) is 3.58. The summed E-state index contributed by atoms with van der Waals surface area (Å²) in [6, 6.07) is 11.4. The fourth-order valence-corrected chi connectivity index (χ4v) is 2.66. The van der Waals surface area contributed by atoms with Crippen molar-refractivity contribution < 1.29 is 9.66 Å². The largest absolute Gasteiger partial charge is 0.494 e. The van der Waals surface area contributed by atoms with E-state index in [1.165, 1.54) is 29.1 Å². The zero-order valence-corrected chi connectivity index (χ0v) is 15.7. The first-order valence-electron chi connectivity index (χ1n) is 7.88. The van der Waals surface area contributed by atoms with Crippen molar-refractivity contribution in [2.24, 2.45) is 5.10 Å². The van der Waals surface area contributed by atoms with Crippen molar-refractivity contribution in [1.82, 2.24) is 14.9 Å². The number of hydrogen-bond donors (Lipinski definition) is 1. The molecule has 0 aliphatic heterocycles. The summed E-state index contributed by atoms with van der Waals surface area (Å²) in [5.74, 6) is 1.23. The predicted molar refractivity (Wildman–Crippen MR) is 105 cm³/mol. The van der Waals surface area contributed by atoms with Crippen LogP contribution in [0.4, 0.5) is 5.69 Å². The number of H-pyrrole nitrogens is 1. The maximum Gasteiger partial charge on any atom is 0.270 e. The lowest BCUT2D eigenvalue weighted by molar-refractivity contribution is -0.384. The van der Waals surface area contributed by atoms with Crippen LogP contribution in [0.2, 0.25) is 5.02 Å². The summed E-state index contributed by atoms with van der Waals surface area (Å²) in [7, 11) is 0. The molecule has 0 fully saturated rings. The summed E-state index contributed by atoms with van der Waals surface area (Å²) in [6.45, 7) is 2.49. The van der Waals surface area contributed by atoms with E-state index in [9.17, 15) is 10.1 Å². The number of non-ortho nitro benzene ring substituents is 1. The number of nitrogens with one attached hydrogen (secondary N) is 1. The maximum absolute atomic E-state index is 10.9. The molecule has 0 amide bonds. The Hall–Kier alpha value is -3.04. The molecule has 3 aromatic rings. The van der Waals surface area contributed by atoms with Crippen molar-refractivity contribution in [3.63, 3.8) is 0 Å². The highest BCUT2D eigenvalue weighted by Gasteiger charge is 2.11. The average Bonchev–Trinajstić information content (AvgIpc) is 3.02. The molecule has 0 bridgehead atoms. The molecule has 0 saturated carbocycles. The summed E-state index contributed by atoms with van der Waals surface area (Å²) in [5, 5.41) is 22.4. The smallest absolute Gasteiger partial charge is 0.270 e. The van der Waals surface area contributed by atoms with Crippen LogP contribution in [0.1, 0.15) is 12.5 Å². The van der Waals surface area contributed by atoms with Gasteiger partial charge in [-0.3, -0.25) is 10.1 Å². The van der Waals surface area contributed by atoms with Crippen LogP contribution in [-0.4, -0.2) is 32.6 Å². The first-order chi connectivity index (χ1) is 13.0. The Bertz CT molecular complexity index is 1060. The van der Waals surface area contributed by atoms with E-state index in [2.05, 4.69) is 15.3 Å². The summed E-state index contributed by atoms with van der Waals surface area (Å²) < 4.78 is 7.12. The zero-order valence-electron chi connectivity index (χ0n) is 14.1. The first kappa shape index (κ1) is 18.7. The second-order valence-corrected chi connectivity index (χ2v) is 6.12. The lowest BCUT2D eigenvalue weighted by Crippen LogP contribution is -1.97. The Kier molecular flexibility index (Phi) is 5.63. The molecule has 10 heteroatoms. The van der Waals surface area contributed by atoms with E-state index in [-0.39, 0.29) is 10.5 Å². The van der Waals surface area contributed by atoms with E-state index in [1.807, 2.05) is 31.2 Å². The molecule has 0 spiro atoms. The van der Waals surface area contributed by atoms with Crippen LogP contribution in [0.25, 0.3) is 11.4 Å². The highest BCUT2D eigenvalue weighted by Crippen LogP contribution is 2.23.